The number of aromatic nitrogens is 2. The summed E-state index contributed by atoms with van der Waals surface area (Å²) in [7, 11) is -3.23. The topological polar surface area (TPSA) is 75.5 Å². The molecule has 0 N–H and O–H groups in total. The molecule has 2 rings (SSSR count). The Morgan fingerprint density at radius 1 is 1.43 bits per heavy atom. The summed E-state index contributed by atoms with van der Waals surface area (Å²) in [5.41, 5.74) is 1.40. The van der Waals surface area contributed by atoms with Gasteiger partial charge in [0.2, 0.25) is 10.0 Å². The lowest BCUT2D eigenvalue weighted by Gasteiger charge is -2.37. The minimum absolute atomic E-state index is 0.129. The third-order valence-corrected chi connectivity index (χ3v) is 5.82. The number of carbonyl (C=O) groups excluding carboxylic acids is 1. The highest BCUT2D eigenvalue weighted by Gasteiger charge is 2.33. The lowest BCUT2D eigenvalue weighted by molar-refractivity contribution is 0.0636. The van der Waals surface area contributed by atoms with Crippen LogP contribution >= 0.6 is 0 Å². The summed E-state index contributed by atoms with van der Waals surface area (Å²) < 4.78 is 26.7. The average Bonchev–Trinajstić information content (AvgIpc) is 2.86. The van der Waals surface area contributed by atoms with Crippen molar-refractivity contribution in [1.29, 1.82) is 0 Å². The van der Waals surface area contributed by atoms with E-state index in [0.717, 1.165) is 12.1 Å². The van der Waals surface area contributed by atoms with E-state index in [2.05, 4.69) is 18.9 Å². The molecule has 1 aliphatic rings. The zero-order chi connectivity index (χ0) is 17.4. The molecule has 1 aromatic rings. The fraction of sp³-hybridized carbons (Fsp3) is 0.733. The van der Waals surface area contributed by atoms with Gasteiger partial charge in [-0.2, -0.15) is 9.40 Å². The predicted molar refractivity (Wildman–Crippen MR) is 88.9 cm³/mol. The van der Waals surface area contributed by atoms with Crippen LogP contribution in [0, 0.1) is 6.92 Å². The highest BCUT2D eigenvalue weighted by atomic mass is 32.2. The van der Waals surface area contributed by atoms with E-state index in [0.29, 0.717) is 25.3 Å². The molecule has 2 heterocycles. The summed E-state index contributed by atoms with van der Waals surface area (Å²) in [6, 6.07) is 1.83. The number of aryl methyl sites for hydroxylation is 1. The molecule has 0 radical (unpaired) electrons. The smallest absolute Gasteiger partial charge is 0.274 e. The Hall–Kier alpha value is -1.41. The minimum Gasteiger partial charge on any atom is -0.334 e. The molecule has 0 spiro atoms. The number of amides is 1. The number of piperazine rings is 1. The van der Waals surface area contributed by atoms with Gasteiger partial charge in [0.05, 0.1) is 6.26 Å². The number of hydrogen-bond donors (Lipinski definition) is 0. The van der Waals surface area contributed by atoms with Gasteiger partial charge in [0.1, 0.15) is 0 Å². The number of rotatable bonds is 4. The van der Waals surface area contributed by atoms with Crippen molar-refractivity contribution in [3.05, 3.63) is 17.5 Å². The molecule has 1 unspecified atom stereocenters. The van der Waals surface area contributed by atoms with E-state index in [1.807, 2.05) is 24.6 Å². The van der Waals surface area contributed by atoms with Gasteiger partial charge in [-0.15, -0.1) is 0 Å². The van der Waals surface area contributed by atoms with Crippen LogP contribution in [0.25, 0.3) is 0 Å². The molecule has 0 aliphatic carbocycles. The van der Waals surface area contributed by atoms with Gasteiger partial charge < -0.3 is 4.90 Å². The van der Waals surface area contributed by atoms with Crippen LogP contribution in [0.1, 0.15) is 49.4 Å². The minimum atomic E-state index is -3.23. The summed E-state index contributed by atoms with van der Waals surface area (Å²) in [6.07, 6.45) is 2.15. The maximum absolute atomic E-state index is 12.7. The Morgan fingerprint density at radius 2 is 2.09 bits per heavy atom. The van der Waals surface area contributed by atoms with Gasteiger partial charge in [-0.1, -0.05) is 6.92 Å². The molecule has 0 saturated carbocycles. The molecule has 130 valence electrons. The molecule has 0 aromatic carbocycles. The molecule has 1 aromatic heterocycles. The monoisotopic (exact) mass is 342 g/mol. The summed E-state index contributed by atoms with van der Waals surface area (Å²) >= 11 is 0. The van der Waals surface area contributed by atoms with Crippen molar-refractivity contribution in [2.75, 3.05) is 25.9 Å². The van der Waals surface area contributed by atoms with Crippen LogP contribution in [0.15, 0.2) is 6.07 Å². The highest BCUT2D eigenvalue weighted by Crippen LogP contribution is 2.18. The Balaban J connectivity index is 2.14. The molecule has 2 atom stereocenters. The molecular weight excluding hydrogens is 316 g/mol. The van der Waals surface area contributed by atoms with Gasteiger partial charge >= 0.3 is 0 Å². The Kier molecular flexibility index (Phi) is 5.15. The standard InChI is InChI=1S/C15H26N4O3S/c1-6-11(2)19-12(3)9-14(16-19)15(20)17-7-8-18(13(4)10-17)23(5,21)22/h9,11,13H,6-8,10H2,1-5H3/t11?,13-/m0/s1. The second-order valence-corrected chi connectivity index (χ2v) is 8.28. The molecule has 0 bridgehead atoms. The van der Waals surface area contributed by atoms with Crippen LogP contribution in [0.5, 0.6) is 0 Å². The maximum atomic E-state index is 12.7. The Labute approximate surface area is 138 Å². The molecule has 8 heteroatoms. The SMILES string of the molecule is CCC(C)n1nc(C(=O)N2CCN(S(C)(=O)=O)[C@@H](C)C2)cc1C. The first-order valence-electron chi connectivity index (χ1n) is 7.97. The first-order chi connectivity index (χ1) is 10.6. The second kappa shape index (κ2) is 6.60. The zero-order valence-electron chi connectivity index (χ0n) is 14.5. The molecule has 1 amide bonds. The molecule has 23 heavy (non-hydrogen) atoms. The summed E-state index contributed by atoms with van der Waals surface area (Å²) in [6.45, 7) is 9.04. The zero-order valence-corrected chi connectivity index (χ0v) is 15.3. The van der Waals surface area contributed by atoms with Gasteiger partial charge in [-0.3, -0.25) is 9.48 Å². The maximum Gasteiger partial charge on any atom is 0.274 e. The number of carbonyl (C=O) groups is 1. The van der Waals surface area contributed by atoms with Crippen LogP contribution in [0.4, 0.5) is 0 Å². The van der Waals surface area contributed by atoms with Crippen LogP contribution in [0.2, 0.25) is 0 Å². The van der Waals surface area contributed by atoms with E-state index in [1.54, 1.807) is 4.90 Å². The molecular formula is C15H26N4O3S. The second-order valence-electron chi connectivity index (χ2n) is 6.35. The quantitative estimate of drug-likeness (QED) is 0.826. The fourth-order valence-corrected chi connectivity index (χ4v) is 4.13. The summed E-state index contributed by atoms with van der Waals surface area (Å²) in [5.74, 6) is -0.129. The predicted octanol–water partition coefficient (Wildman–Crippen LogP) is 1.27. The van der Waals surface area contributed by atoms with E-state index < -0.39 is 10.0 Å². The van der Waals surface area contributed by atoms with Crippen molar-refractivity contribution >= 4 is 15.9 Å². The van der Waals surface area contributed by atoms with Crippen molar-refractivity contribution < 1.29 is 13.2 Å². The van der Waals surface area contributed by atoms with Crippen molar-refractivity contribution in [3.63, 3.8) is 0 Å². The van der Waals surface area contributed by atoms with Gasteiger partial charge in [0.15, 0.2) is 5.69 Å². The Morgan fingerprint density at radius 3 is 2.61 bits per heavy atom. The van der Waals surface area contributed by atoms with Crippen LogP contribution in [-0.2, 0) is 10.0 Å². The molecule has 1 aliphatic heterocycles. The highest BCUT2D eigenvalue weighted by molar-refractivity contribution is 7.88. The van der Waals surface area contributed by atoms with Crippen LogP contribution in [-0.4, -0.2) is 65.2 Å². The van der Waals surface area contributed by atoms with Crippen molar-refractivity contribution in [2.24, 2.45) is 0 Å². The lowest BCUT2D eigenvalue weighted by Crippen LogP contribution is -2.55. The van der Waals surface area contributed by atoms with Crippen LogP contribution in [0.3, 0.4) is 0 Å². The third-order valence-electron chi connectivity index (χ3n) is 4.43. The van der Waals surface area contributed by atoms with E-state index in [9.17, 15) is 13.2 Å². The van der Waals surface area contributed by atoms with Crippen molar-refractivity contribution in [1.82, 2.24) is 19.0 Å². The molecule has 7 nitrogen and oxygen atoms in total. The van der Waals surface area contributed by atoms with Gasteiger partial charge in [0, 0.05) is 37.4 Å². The number of hydrogen-bond acceptors (Lipinski definition) is 4. The molecule has 1 saturated heterocycles. The lowest BCUT2D eigenvalue weighted by atomic mass is 10.2. The first-order valence-corrected chi connectivity index (χ1v) is 9.82. The fourth-order valence-electron chi connectivity index (χ4n) is 2.99. The van der Waals surface area contributed by atoms with Gasteiger partial charge in [0.25, 0.3) is 5.91 Å². The van der Waals surface area contributed by atoms with Crippen molar-refractivity contribution in [3.8, 4) is 0 Å². The van der Waals surface area contributed by atoms with E-state index in [1.165, 1.54) is 10.6 Å². The molecule has 1 fully saturated rings. The first kappa shape index (κ1) is 17.9. The Bertz CT molecular complexity index is 683. The van der Waals surface area contributed by atoms with Crippen molar-refractivity contribution in [2.45, 2.75) is 46.2 Å². The van der Waals surface area contributed by atoms with E-state index >= 15 is 0 Å². The number of nitrogens with zero attached hydrogens (tertiary/aromatic N) is 4. The average molecular weight is 342 g/mol. The third kappa shape index (κ3) is 3.74. The number of sulfonamides is 1. The summed E-state index contributed by atoms with van der Waals surface area (Å²) in [4.78, 5) is 14.3. The largest absolute Gasteiger partial charge is 0.334 e. The van der Waals surface area contributed by atoms with Crippen LogP contribution < -0.4 is 0 Å². The normalized spacial score (nSPS) is 21.4. The van der Waals surface area contributed by atoms with E-state index in [4.69, 9.17) is 0 Å². The van der Waals surface area contributed by atoms with Gasteiger partial charge in [-0.25, -0.2) is 8.42 Å². The summed E-state index contributed by atoms with van der Waals surface area (Å²) in [5, 5.41) is 4.44. The van der Waals surface area contributed by atoms with Gasteiger partial charge in [-0.05, 0) is 33.3 Å². The van der Waals surface area contributed by atoms with E-state index in [-0.39, 0.29) is 18.0 Å².